The topological polar surface area (TPSA) is 50.7 Å². The molecule has 21 heavy (non-hydrogen) atoms. The summed E-state index contributed by atoms with van der Waals surface area (Å²) in [6, 6.07) is 3.39. The van der Waals surface area contributed by atoms with Gasteiger partial charge in [-0.15, -0.1) is 0 Å². The number of nitrogens with one attached hydrogen (secondary N) is 1. The highest BCUT2D eigenvalue weighted by Crippen LogP contribution is 2.37. The van der Waals surface area contributed by atoms with Crippen LogP contribution in [-0.4, -0.2) is 37.6 Å². The molecule has 1 atom stereocenters. The Morgan fingerprint density at radius 1 is 1.38 bits per heavy atom. The summed E-state index contributed by atoms with van der Waals surface area (Å²) in [4.78, 5) is 0. The second-order valence-corrected chi connectivity index (χ2v) is 5.11. The minimum Gasteiger partial charge on any atom is -0.493 e. The maximum absolute atomic E-state index is 12.3. The van der Waals surface area contributed by atoms with Gasteiger partial charge in [-0.25, -0.2) is 0 Å². The zero-order valence-electron chi connectivity index (χ0n) is 11.6. The Balaban J connectivity index is 2.86. The first-order valence-electron chi connectivity index (χ1n) is 6.24. The maximum atomic E-state index is 12.3. The summed E-state index contributed by atoms with van der Waals surface area (Å²) in [6.45, 7) is 2.44. The number of alkyl halides is 3. The van der Waals surface area contributed by atoms with E-state index in [-0.39, 0.29) is 5.75 Å². The molecule has 0 fully saturated rings. The van der Waals surface area contributed by atoms with Gasteiger partial charge >= 0.3 is 6.18 Å². The van der Waals surface area contributed by atoms with E-state index in [0.29, 0.717) is 16.8 Å². The van der Waals surface area contributed by atoms with Crippen LogP contribution in [-0.2, 0) is 6.54 Å². The smallest absolute Gasteiger partial charge is 0.417 e. The molecular weight excluding hydrogens is 355 g/mol. The molecule has 0 radical (unpaired) electrons. The Morgan fingerprint density at radius 2 is 2.05 bits per heavy atom. The Hall–Kier alpha value is -0.990. The van der Waals surface area contributed by atoms with Crippen molar-refractivity contribution in [3.05, 3.63) is 22.2 Å². The van der Waals surface area contributed by atoms with E-state index in [9.17, 15) is 13.2 Å². The molecule has 0 spiro atoms. The van der Waals surface area contributed by atoms with Crippen LogP contribution in [0.3, 0.4) is 0 Å². The molecule has 1 aromatic rings. The maximum Gasteiger partial charge on any atom is 0.417 e. The van der Waals surface area contributed by atoms with Gasteiger partial charge in [0.25, 0.3) is 0 Å². The minimum absolute atomic E-state index is 0.126. The quantitative estimate of drug-likeness (QED) is 0.773. The lowest BCUT2D eigenvalue weighted by molar-refractivity contribution is -0.210. The van der Waals surface area contributed by atoms with Gasteiger partial charge in [0.1, 0.15) is 6.61 Å². The van der Waals surface area contributed by atoms with Crippen LogP contribution in [0.2, 0.25) is 0 Å². The van der Waals surface area contributed by atoms with E-state index >= 15 is 0 Å². The molecule has 0 aliphatic heterocycles. The molecule has 0 heterocycles. The van der Waals surface area contributed by atoms with Crippen LogP contribution in [0.1, 0.15) is 12.5 Å². The van der Waals surface area contributed by atoms with Crippen molar-refractivity contribution in [1.29, 1.82) is 0 Å². The lowest BCUT2D eigenvalue weighted by Gasteiger charge is -2.18. The average molecular weight is 372 g/mol. The van der Waals surface area contributed by atoms with Crippen LogP contribution in [0.25, 0.3) is 0 Å². The molecule has 0 saturated carbocycles. The molecule has 0 aromatic heterocycles. The molecule has 1 aromatic carbocycles. The van der Waals surface area contributed by atoms with Gasteiger partial charge in [0.15, 0.2) is 17.6 Å². The fraction of sp³-hybridized carbons (Fsp3) is 0.538. The number of benzene rings is 1. The number of methoxy groups -OCH3 is 1. The van der Waals surface area contributed by atoms with Crippen molar-refractivity contribution in [3.8, 4) is 11.5 Å². The first-order valence-corrected chi connectivity index (χ1v) is 7.03. The van der Waals surface area contributed by atoms with E-state index in [0.717, 1.165) is 12.1 Å². The molecule has 8 heteroatoms. The summed E-state index contributed by atoms with van der Waals surface area (Å²) in [6.07, 6.45) is -7.26. The number of aliphatic hydroxyl groups is 1. The third kappa shape index (κ3) is 5.37. The van der Waals surface area contributed by atoms with Crippen LogP contribution in [0.15, 0.2) is 16.6 Å². The number of aliphatic hydroxyl groups excluding tert-OH is 1. The molecule has 0 aliphatic carbocycles. The van der Waals surface area contributed by atoms with Gasteiger partial charge in [0.2, 0.25) is 0 Å². The van der Waals surface area contributed by atoms with E-state index in [1.165, 1.54) is 7.11 Å². The van der Waals surface area contributed by atoms with E-state index in [1.54, 1.807) is 12.1 Å². The lowest BCUT2D eigenvalue weighted by Crippen LogP contribution is -2.34. The SMILES string of the molecule is CCNCc1cc(Br)c(OCC(O)C(F)(F)F)c(OC)c1. The summed E-state index contributed by atoms with van der Waals surface area (Å²) in [5.41, 5.74) is 0.893. The van der Waals surface area contributed by atoms with Crippen LogP contribution >= 0.6 is 15.9 Å². The normalized spacial score (nSPS) is 13.1. The number of hydrogen-bond acceptors (Lipinski definition) is 4. The Bertz CT molecular complexity index is 469. The van der Waals surface area contributed by atoms with Crippen molar-refractivity contribution in [2.24, 2.45) is 0 Å². The van der Waals surface area contributed by atoms with Crippen molar-refractivity contribution in [1.82, 2.24) is 5.32 Å². The fourth-order valence-electron chi connectivity index (χ4n) is 1.54. The van der Waals surface area contributed by atoms with E-state index in [1.807, 2.05) is 6.92 Å². The monoisotopic (exact) mass is 371 g/mol. The molecule has 1 rings (SSSR count). The number of halogens is 4. The van der Waals surface area contributed by atoms with Crippen molar-refractivity contribution in [3.63, 3.8) is 0 Å². The third-order valence-corrected chi connectivity index (χ3v) is 3.22. The van der Waals surface area contributed by atoms with Crippen LogP contribution in [0.5, 0.6) is 11.5 Å². The van der Waals surface area contributed by atoms with Gasteiger partial charge in [-0.05, 0) is 40.2 Å². The Morgan fingerprint density at radius 3 is 2.57 bits per heavy atom. The number of hydrogen-bond donors (Lipinski definition) is 2. The lowest BCUT2D eigenvalue weighted by atomic mass is 10.2. The predicted octanol–water partition coefficient (Wildman–Crippen LogP) is 2.87. The van der Waals surface area contributed by atoms with Crippen molar-refractivity contribution < 1.29 is 27.8 Å². The van der Waals surface area contributed by atoms with Gasteiger partial charge in [-0.1, -0.05) is 6.92 Å². The number of ether oxygens (including phenoxy) is 2. The molecule has 1 unspecified atom stereocenters. The third-order valence-electron chi connectivity index (χ3n) is 2.63. The average Bonchev–Trinajstić information content (AvgIpc) is 2.41. The Kier molecular flexibility index (Phi) is 6.76. The second-order valence-electron chi connectivity index (χ2n) is 4.26. The highest BCUT2D eigenvalue weighted by Gasteiger charge is 2.39. The zero-order chi connectivity index (χ0) is 16.0. The summed E-state index contributed by atoms with van der Waals surface area (Å²) >= 11 is 3.24. The van der Waals surface area contributed by atoms with Gasteiger partial charge in [-0.2, -0.15) is 13.2 Å². The summed E-state index contributed by atoms with van der Waals surface area (Å²) < 4.78 is 47.4. The first-order chi connectivity index (χ1) is 9.79. The van der Waals surface area contributed by atoms with Gasteiger partial charge in [-0.3, -0.25) is 0 Å². The van der Waals surface area contributed by atoms with Crippen LogP contribution < -0.4 is 14.8 Å². The Labute approximate surface area is 129 Å². The molecule has 120 valence electrons. The molecule has 2 N–H and O–H groups in total. The molecular formula is C13H17BrF3NO3. The predicted molar refractivity (Wildman–Crippen MR) is 75.6 cm³/mol. The summed E-state index contributed by atoms with van der Waals surface area (Å²) in [5, 5.41) is 12.1. The minimum atomic E-state index is -4.72. The van der Waals surface area contributed by atoms with E-state index < -0.39 is 18.9 Å². The molecule has 0 aliphatic rings. The second kappa shape index (κ2) is 7.86. The van der Waals surface area contributed by atoms with Gasteiger partial charge < -0.3 is 19.9 Å². The molecule has 0 saturated heterocycles. The van der Waals surface area contributed by atoms with Crippen molar-refractivity contribution >= 4 is 15.9 Å². The highest BCUT2D eigenvalue weighted by atomic mass is 79.9. The number of rotatable bonds is 7. The van der Waals surface area contributed by atoms with Crippen molar-refractivity contribution in [2.75, 3.05) is 20.3 Å². The van der Waals surface area contributed by atoms with Crippen LogP contribution in [0, 0.1) is 0 Å². The standard InChI is InChI=1S/C13H17BrF3NO3/c1-3-18-6-8-4-9(14)12(10(5-8)20-2)21-7-11(19)13(15,16)17/h4-5,11,18-19H,3,6-7H2,1-2H3. The molecule has 0 amide bonds. The first kappa shape index (κ1) is 18.1. The van der Waals surface area contributed by atoms with Crippen LogP contribution in [0.4, 0.5) is 13.2 Å². The summed E-state index contributed by atoms with van der Waals surface area (Å²) in [7, 11) is 1.39. The molecule has 0 bridgehead atoms. The fourth-order valence-corrected chi connectivity index (χ4v) is 2.15. The zero-order valence-corrected chi connectivity index (χ0v) is 13.2. The van der Waals surface area contributed by atoms with E-state index in [4.69, 9.17) is 14.6 Å². The van der Waals surface area contributed by atoms with Gasteiger partial charge in [0, 0.05) is 6.54 Å². The highest BCUT2D eigenvalue weighted by molar-refractivity contribution is 9.10. The van der Waals surface area contributed by atoms with Crippen molar-refractivity contribution in [2.45, 2.75) is 25.7 Å². The molecule has 4 nitrogen and oxygen atoms in total. The largest absolute Gasteiger partial charge is 0.493 e. The van der Waals surface area contributed by atoms with Gasteiger partial charge in [0.05, 0.1) is 11.6 Å². The summed E-state index contributed by atoms with van der Waals surface area (Å²) in [5.74, 6) is 0.424. The van der Waals surface area contributed by atoms with E-state index in [2.05, 4.69) is 21.2 Å².